The van der Waals surface area contributed by atoms with E-state index in [1.165, 1.54) is 22.8 Å². The Morgan fingerprint density at radius 2 is 1.79 bits per heavy atom. The molecule has 1 fully saturated rings. The molecule has 0 spiro atoms. The van der Waals surface area contributed by atoms with Crippen molar-refractivity contribution in [2.24, 2.45) is 0 Å². The normalized spacial score (nSPS) is 21.1. The molecule has 2 aromatic carbocycles. The van der Waals surface area contributed by atoms with Crippen molar-refractivity contribution in [3.05, 3.63) is 71.9 Å². The second-order valence-corrected chi connectivity index (χ2v) is 9.87. The third-order valence-corrected chi connectivity index (χ3v) is 6.96. The molecule has 0 aliphatic heterocycles. The van der Waals surface area contributed by atoms with Gasteiger partial charge in [-0.1, -0.05) is 36.4 Å². The lowest BCUT2D eigenvalue weighted by atomic mass is 9.97. The Hall–Kier alpha value is -2.24. The van der Waals surface area contributed by atoms with Gasteiger partial charge in [0.2, 0.25) is 0 Å². The molecule has 1 aliphatic carbocycles. The smallest absolute Gasteiger partial charge is 0.175 e. The van der Waals surface area contributed by atoms with Gasteiger partial charge in [-0.05, 0) is 61.4 Å². The highest BCUT2D eigenvalue weighted by Crippen LogP contribution is 2.36. The predicted octanol–water partition coefficient (Wildman–Crippen LogP) is 4.63. The van der Waals surface area contributed by atoms with Crippen LogP contribution >= 0.6 is 0 Å². The monoisotopic (exact) mass is 394 g/mol. The molecule has 4 rings (SSSR count). The van der Waals surface area contributed by atoms with Crippen LogP contribution in [0, 0.1) is 0 Å². The maximum Gasteiger partial charge on any atom is 0.175 e. The van der Waals surface area contributed by atoms with E-state index in [0.717, 1.165) is 24.8 Å². The van der Waals surface area contributed by atoms with Crippen molar-refractivity contribution >= 4 is 20.7 Å². The van der Waals surface area contributed by atoms with Crippen LogP contribution in [0.4, 0.5) is 0 Å². The summed E-state index contributed by atoms with van der Waals surface area (Å²) < 4.78 is 23.3. The molecular formula is C23H26N2O2S. The van der Waals surface area contributed by atoms with Crippen LogP contribution in [0.25, 0.3) is 10.9 Å². The molecule has 1 aromatic heterocycles. The van der Waals surface area contributed by atoms with Gasteiger partial charge in [0.25, 0.3) is 0 Å². The number of hydrogen-bond acceptors (Lipinski definition) is 4. The van der Waals surface area contributed by atoms with E-state index in [4.69, 9.17) is 0 Å². The third-order valence-electron chi connectivity index (χ3n) is 5.83. The van der Waals surface area contributed by atoms with Gasteiger partial charge in [0, 0.05) is 29.9 Å². The zero-order valence-corrected chi connectivity index (χ0v) is 17.1. The molecule has 1 aliphatic rings. The van der Waals surface area contributed by atoms with Gasteiger partial charge in [0.15, 0.2) is 9.84 Å². The van der Waals surface area contributed by atoms with E-state index in [9.17, 15) is 8.42 Å². The summed E-state index contributed by atoms with van der Waals surface area (Å²) in [5.74, 6) is 0.476. The number of sulfone groups is 1. The lowest BCUT2D eigenvalue weighted by molar-refractivity contribution is 0.458. The number of nitrogens with zero attached hydrogens (tertiary/aromatic N) is 1. The SMILES string of the molecule is C[C@@H](N[C@H]1CCC(c2ccc(S(C)(=O)=O)cc2)C1)c1cccc2cccnc12. The first kappa shape index (κ1) is 19.1. The van der Waals surface area contributed by atoms with Gasteiger partial charge >= 0.3 is 0 Å². The number of pyridine rings is 1. The maximum absolute atomic E-state index is 11.7. The Labute approximate surface area is 166 Å². The highest BCUT2D eigenvalue weighted by molar-refractivity contribution is 7.90. The van der Waals surface area contributed by atoms with Gasteiger partial charge in [-0.2, -0.15) is 0 Å². The minimum atomic E-state index is -3.14. The van der Waals surface area contributed by atoms with E-state index < -0.39 is 9.84 Å². The fraction of sp³-hybridized carbons (Fsp3) is 0.348. The first-order valence-corrected chi connectivity index (χ1v) is 11.7. The van der Waals surface area contributed by atoms with Gasteiger partial charge in [0.1, 0.15) is 0 Å². The molecule has 0 radical (unpaired) electrons. The molecular weight excluding hydrogens is 368 g/mol. The molecule has 1 unspecified atom stereocenters. The highest BCUT2D eigenvalue weighted by Gasteiger charge is 2.27. The number of para-hydroxylation sites is 1. The van der Waals surface area contributed by atoms with Crippen molar-refractivity contribution in [2.75, 3.05) is 6.26 Å². The number of rotatable bonds is 5. The van der Waals surface area contributed by atoms with Crippen molar-refractivity contribution in [1.82, 2.24) is 10.3 Å². The quantitative estimate of drug-likeness (QED) is 0.686. The molecule has 5 heteroatoms. The molecule has 28 heavy (non-hydrogen) atoms. The lowest BCUT2D eigenvalue weighted by Gasteiger charge is -2.21. The molecule has 1 heterocycles. The minimum Gasteiger partial charge on any atom is -0.307 e. The van der Waals surface area contributed by atoms with E-state index >= 15 is 0 Å². The fourth-order valence-electron chi connectivity index (χ4n) is 4.34. The predicted molar refractivity (Wildman–Crippen MR) is 113 cm³/mol. The third kappa shape index (κ3) is 3.96. The first-order valence-electron chi connectivity index (χ1n) is 9.81. The summed E-state index contributed by atoms with van der Waals surface area (Å²) in [4.78, 5) is 4.97. The highest BCUT2D eigenvalue weighted by atomic mass is 32.2. The molecule has 0 bridgehead atoms. The number of aromatic nitrogens is 1. The summed E-state index contributed by atoms with van der Waals surface area (Å²) in [6.45, 7) is 2.21. The number of nitrogens with one attached hydrogen (secondary N) is 1. The molecule has 146 valence electrons. The van der Waals surface area contributed by atoms with Crippen LogP contribution in [0.15, 0.2) is 65.7 Å². The Morgan fingerprint density at radius 3 is 2.54 bits per heavy atom. The zero-order valence-electron chi connectivity index (χ0n) is 16.3. The molecule has 1 saturated carbocycles. The zero-order chi connectivity index (χ0) is 19.7. The van der Waals surface area contributed by atoms with Crippen molar-refractivity contribution in [3.63, 3.8) is 0 Å². The van der Waals surface area contributed by atoms with Crippen molar-refractivity contribution in [1.29, 1.82) is 0 Å². The Kier molecular flexibility index (Phi) is 5.21. The molecule has 0 amide bonds. The van der Waals surface area contributed by atoms with Crippen LogP contribution in [0.2, 0.25) is 0 Å². The summed E-state index contributed by atoms with van der Waals surface area (Å²) in [7, 11) is -3.14. The second kappa shape index (κ2) is 7.64. The van der Waals surface area contributed by atoms with E-state index in [1.807, 2.05) is 24.4 Å². The molecule has 3 aromatic rings. The average molecular weight is 395 g/mol. The average Bonchev–Trinajstić information content (AvgIpc) is 3.15. The standard InChI is InChI=1S/C23H26N2O2S/c1-16(22-7-3-5-18-6-4-14-24-23(18)22)25-20-11-8-19(15-20)17-9-12-21(13-10-17)28(2,26)27/h3-7,9-10,12-14,16,19-20,25H,8,11,15H2,1-2H3/t16-,19?,20+/m1/s1. The second-order valence-electron chi connectivity index (χ2n) is 7.86. The van der Waals surface area contributed by atoms with Gasteiger partial charge in [-0.15, -0.1) is 0 Å². The molecule has 4 nitrogen and oxygen atoms in total. The van der Waals surface area contributed by atoms with Gasteiger partial charge in [0.05, 0.1) is 10.4 Å². The van der Waals surface area contributed by atoms with Gasteiger partial charge < -0.3 is 5.32 Å². The molecule has 3 atom stereocenters. The van der Waals surface area contributed by atoms with Crippen LogP contribution in [-0.4, -0.2) is 25.7 Å². The summed E-state index contributed by atoms with van der Waals surface area (Å²) in [6, 6.07) is 18.5. The number of fused-ring (bicyclic) bond motifs is 1. The fourth-order valence-corrected chi connectivity index (χ4v) is 4.97. The Morgan fingerprint density at radius 1 is 1.04 bits per heavy atom. The van der Waals surface area contributed by atoms with Gasteiger partial charge in [-0.3, -0.25) is 4.98 Å². The van der Waals surface area contributed by atoms with Crippen LogP contribution in [0.5, 0.6) is 0 Å². The maximum atomic E-state index is 11.7. The van der Waals surface area contributed by atoms with E-state index in [2.05, 4.69) is 41.5 Å². The van der Waals surface area contributed by atoms with E-state index in [-0.39, 0.29) is 6.04 Å². The van der Waals surface area contributed by atoms with Gasteiger partial charge in [-0.25, -0.2) is 8.42 Å². The lowest BCUT2D eigenvalue weighted by Crippen LogP contribution is -2.29. The van der Waals surface area contributed by atoms with Crippen LogP contribution in [0.1, 0.15) is 49.3 Å². The topological polar surface area (TPSA) is 59.1 Å². The minimum absolute atomic E-state index is 0.231. The number of hydrogen-bond donors (Lipinski definition) is 1. The van der Waals surface area contributed by atoms with Crippen LogP contribution in [0.3, 0.4) is 0 Å². The van der Waals surface area contributed by atoms with Crippen molar-refractivity contribution < 1.29 is 8.42 Å². The summed E-state index contributed by atoms with van der Waals surface area (Å²) in [5.41, 5.74) is 3.53. The Balaban J connectivity index is 1.44. The largest absolute Gasteiger partial charge is 0.307 e. The summed E-state index contributed by atoms with van der Waals surface area (Å²) >= 11 is 0. The van der Waals surface area contributed by atoms with Crippen molar-refractivity contribution in [2.45, 2.75) is 49.1 Å². The van der Waals surface area contributed by atoms with Crippen LogP contribution < -0.4 is 5.32 Å². The van der Waals surface area contributed by atoms with Crippen LogP contribution in [-0.2, 0) is 9.84 Å². The molecule has 0 saturated heterocycles. The summed E-state index contributed by atoms with van der Waals surface area (Å²) in [5, 5.41) is 4.96. The first-order chi connectivity index (χ1) is 13.4. The summed E-state index contributed by atoms with van der Waals surface area (Å²) in [6.07, 6.45) is 6.42. The van der Waals surface area contributed by atoms with E-state index in [1.54, 1.807) is 12.1 Å². The van der Waals surface area contributed by atoms with E-state index in [0.29, 0.717) is 16.9 Å². The Bertz CT molecular complexity index is 1070. The molecule has 1 N–H and O–H groups in total. The van der Waals surface area contributed by atoms with Crippen molar-refractivity contribution in [3.8, 4) is 0 Å². The number of benzene rings is 2.